The molecule has 0 heterocycles. The van der Waals surface area contributed by atoms with E-state index >= 15 is 0 Å². The number of benzene rings is 1. The van der Waals surface area contributed by atoms with Gasteiger partial charge in [0.15, 0.2) is 0 Å². The quantitative estimate of drug-likeness (QED) is 0.684. The van der Waals surface area contributed by atoms with Gasteiger partial charge in [0.05, 0.1) is 19.3 Å². The Hall–Kier alpha value is -1.06. The van der Waals surface area contributed by atoms with Gasteiger partial charge >= 0.3 is 0 Å². The minimum atomic E-state index is -0.432. The van der Waals surface area contributed by atoms with Crippen LogP contribution in [0.25, 0.3) is 0 Å². The first-order valence-corrected chi connectivity index (χ1v) is 5.33. The maximum atomic E-state index is 9.80. The maximum absolute atomic E-state index is 9.80. The Morgan fingerprint density at radius 3 is 3.00 bits per heavy atom. The van der Waals surface area contributed by atoms with Gasteiger partial charge in [-0.05, 0) is 42.5 Å². The average molecular weight is 207 g/mol. The molecule has 0 saturated carbocycles. The molecule has 0 aromatic heterocycles. The van der Waals surface area contributed by atoms with E-state index < -0.39 is 6.10 Å². The molecule has 0 fully saturated rings. The third-order valence-corrected chi connectivity index (χ3v) is 3.07. The lowest BCUT2D eigenvalue weighted by molar-refractivity contribution is 0.136. The molecule has 1 aromatic carbocycles. The highest BCUT2D eigenvalue weighted by Crippen LogP contribution is 2.30. The van der Waals surface area contributed by atoms with Crippen molar-refractivity contribution in [1.82, 2.24) is 0 Å². The smallest absolute Gasteiger partial charge is 0.119 e. The van der Waals surface area contributed by atoms with Crippen LogP contribution in [-0.4, -0.2) is 18.3 Å². The molecular weight excluding hydrogens is 190 g/mol. The van der Waals surface area contributed by atoms with Crippen LogP contribution in [0.3, 0.4) is 0 Å². The summed E-state index contributed by atoms with van der Waals surface area (Å²) in [6.07, 6.45) is 2.33. The largest absolute Gasteiger partial charge is 0.497 e. The summed E-state index contributed by atoms with van der Waals surface area (Å²) >= 11 is 0. The molecule has 0 saturated heterocycles. The minimum Gasteiger partial charge on any atom is -0.497 e. The molecule has 0 aliphatic heterocycles. The van der Waals surface area contributed by atoms with E-state index in [1.807, 2.05) is 18.2 Å². The maximum Gasteiger partial charge on any atom is 0.119 e. The van der Waals surface area contributed by atoms with E-state index in [9.17, 15) is 5.11 Å². The van der Waals surface area contributed by atoms with E-state index in [4.69, 9.17) is 10.5 Å². The highest BCUT2D eigenvalue weighted by atomic mass is 16.5. The van der Waals surface area contributed by atoms with E-state index in [-0.39, 0.29) is 6.04 Å². The fraction of sp³-hybridized carbons (Fsp3) is 0.500. The van der Waals surface area contributed by atoms with Crippen LogP contribution in [0, 0.1) is 0 Å². The van der Waals surface area contributed by atoms with E-state index in [0.29, 0.717) is 0 Å². The zero-order valence-corrected chi connectivity index (χ0v) is 8.94. The lowest BCUT2D eigenvalue weighted by Gasteiger charge is -2.18. The molecule has 1 aliphatic carbocycles. The van der Waals surface area contributed by atoms with E-state index in [0.717, 1.165) is 30.6 Å². The summed E-state index contributed by atoms with van der Waals surface area (Å²) in [5, 5.41) is 9.80. The molecule has 0 radical (unpaired) electrons. The number of hydrogen-bond donors (Lipinski definition) is 2. The Morgan fingerprint density at radius 1 is 1.47 bits per heavy atom. The number of fused-ring (bicyclic) bond motifs is 1. The standard InChI is InChI=1S/C12H17NO2/c1-15-9-6-5-8-3-2-4-11(14)12(13)10(8)7-9/h5-7,11-12,14H,2-4,13H2,1H3. The fourth-order valence-corrected chi connectivity index (χ4v) is 2.13. The second-order valence-corrected chi connectivity index (χ2v) is 4.05. The third-order valence-electron chi connectivity index (χ3n) is 3.07. The molecule has 2 rings (SSSR count). The highest BCUT2D eigenvalue weighted by molar-refractivity contribution is 5.38. The van der Waals surface area contributed by atoms with E-state index in [1.54, 1.807) is 7.11 Å². The lowest BCUT2D eigenvalue weighted by atomic mass is 9.98. The minimum absolute atomic E-state index is 0.280. The van der Waals surface area contributed by atoms with Gasteiger partial charge in [0, 0.05) is 0 Å². The van der Waals surface area contributed by atoms with Crippen molar-refractivity contribution >= 4 is 0 Å². The Bertz CT molecular complexity index is 351. The number of methoxy groups -OCH3 is 1. The number of ether oxygens (including phenoxy) is 1. The van der Waals surface area contributed by atoms with Crippen molar-refractivity contribution < 1.29 is 9.84 Å². The van der Waals surface area contributed by atoms with Crippen LogP contribution in [0.15, 0.2) is 18.2 Å². The van der Waals surface area contributed by atoms with Crippen LogP contribution < -0.4 is 10.5 Å². The van der Waals surface area contributed by atoms with E-state index in [2.05, 4.69) is 0 Å². The summed E-state index contributed by atoms with van der Waals surface area (Å²) in [4.78, 5) is 0. The SMILES string of the molecule is COc1ccc2c(c1)C(N)C(O)CCC2. The molecule has 3 nitrogen and oxygen atoms in total. The van der Waals surface area contributed by atoms with Crippen molar-refractivity contribution in [2.45, 2.75) is 31.4 Å². The van der Waals surface area contributed by atoms with Crippen molar-refractivity contribution in [3.63, 3.8) is 0 Å². The van der Waals surface area contributed by atoms with Crippen LogP contribution in [0.1, 0.15) is 30.0 Å². The Labute approximate surface area is 89.9 Å². The van der Waals surface area contributed by atoms with Gasteiger partial charge in [-0.25, -0.2) is 0 Å². The number of hydrogen-bond acceptors (Lipinski definition) is 3. The van der Waals surface area contributed by atoms with Gasteiger partial charge in [-0.15, -0.1) is 0 Å². The van der Waals surface area contributed by atoms with Crippen LogP contribution in [0.5, 0.6) is 5.75 Å². The first-order valence-electron chi connectivity index (χ1n) is 5.33. The van der Waals surface area contributed by atoms with Crippen LogP contribution >= 0.6 is 0 Å². The molecule has 3 N–H and O–H groups in total. The molecule has 82 valence electrons. The molecule has 0 bridgehead atoms. The topological polar surface area (TPSA) is 55.5 Å². The predicted molar refractivity (Wildman–Crippen MR) is 58.9 cm³/mol. The second-order valence-electron chi connectivity index (χ2n) is 4.05. The molecule has 0 amide bonds. The first-order chi connectivity index (χ1) is 7.22. The lowest BCUT2D eigenvalue weighted by Crippen LogP contribution is -2.25. The predicted octanol–water partition coefficient (Wildman–Crippen LogP) is 1.39. The van der Waals surface area contributed by atoms with Crippen LogP contribution in [0.4, 0.5) is 0 Å². The van der Waals surface area contributed by atoms with Gasteiger partial charge in [-0.2, -0.15) is 0 Å². The zero-order valence-electron chi connectivity index (χ0n) is 8.94. The second kappa shape index (κ2) is 4.21. The monoisotopic (exact) mass is 207 g/mol. The molecule has 0 spiro atoms. The fourth-order valence-electron chi connectivity index (χ4n) is 2.13. The van der Waals surface area contributed by atoms with Crippen molar-refractivity contribution in [2.24, 2.45) is 5.73 Å². The number of nitrogens with two attached hydrogens (primary N) is 1. The summed E-state index contributed by atoms with van der Waals surface area (Å²) in [6.45, 7) is 0. The van der Waals surface area contributed by atoms with Crippen LogP contribution in [-0.2, 0) is 6.42 Å². The highest BCUT2D eigenvalue weighted by Gasteiger charge is 2.23. The molecule has 1 aliphatic rings. The Balaban J connectivity index is 2.41. The zero-order chi connectivity index (χ0) is 10.8. The van der Waals surface area contributed by atoms with Gasteiger partial charge in [-0.3, -0.25) is 0 Å². The third kappa shape index (κ3) is 1.98. The van der Waals surface area contributed by atoms with Crippen molar-refractivity contribution in [2.75, 3.05) is 7.11 Å². The summed E-state index contributed by atoms with van der Waals surface area (Å²) in [5.41, 5.74) is 8.27. The molecule has 2 atom stereocenters. The summed E-state index contributed by atoms with van der Waals surface area (Å²) in [7, 11) is 1.64. The normalized spacial score (nSPS) is 25.5. The Kier molecular flexibility index (Phi) is 2.93. The first kappa shape index (κ1) is 10.5. The van der Waals surface area contributed by atoms with Gasteiger partial charge in [0.1, 0.15) is 5.75 Å². The number of aryl methyl sites for hydroxylation is 1. The number of aliphatic hydroxyl groups is 1. The van der Waals surface area contributed by atoms with Crippen LogP contribution in [0.2, 0.25) is 0 Å². The number of rotatable bonds is 1. The average Bonchev–Trinajstić information content (AvgIpc) is 2.40. The molecule has 15 heavy (non-hydrogen) atoms. The molecule has 3 heteroatoms. The van der Waals surface area contributed by atoms with Gasteiger partial charge in [0.2, 0.25) is 0 Å². The number of aliphatic hydroxyl groups excluding tert-OH is 1. The van der Waals surface area contributed by atoms with Gasteiger partial charge in [0.25, 0.3) is 0 Å². The molecule has 1 aromatic rings. The van der Waals surface area contributed by atoms with Gasteiger partial charge < -0.3 is 15.6 Å². The van der Waals surface area contributed by atoms with Gasteiger partial charge in [-0.1, -0.05) is 6.07 Å². The summed E-state index contributed by atoms with van der Waals surface area (Å²) in [5.74, 6) is 0.804. The van der Waals surface area contributed by atoms with Crippen molar-refractivity contribution in [3.8, 4) is 5.75 Å². The summed E-state index contributed by atoms with van der Waals surface area (Å²) < 4.78 is 5.17. The van der Waals surface area contributed by atoms with Crippen molar-refractivity contribution in [3.05, 3.63) is 29.3 Å². The Morgan fingerprint density at radius 2 is 2.27 bits per heavy atom. The van der Waals surface area contributed by atoms with E-state index in [1.165, 1.54) is 5.56 Å². The molecule has 2 unspecified atom stereocenters. The van der Waals surface area contributed by atoms with Crippen molar-refractivity contribution in [1.29, 1.82) is 0 Å². The summed E-state index contributed by atoms with van der Waals surface area (Å²) in [6, 6.07) is 5.65. The molecular formula is C12H17NO2.